The molecule has 2 rings (SSSR count). The Labute approximate surface area is 103 Å². The molecule has 1 aliphatic heterocycles. The van der Waals surface area contributed by atoms with Crippen LogP contribution in [0.4, 0.5) is 5.82 Å². The van der Waals surface area contributed by atoms with Crippen molar-refractivity contribution in [3.8, 4) is 0 Å². The number of nitrogens with zero attached hydrogens (tertiary/aromatic N) is 3. The highest BCUT2D eigenvalue weighted by atomic mass is 15.3. The van der Waals surface area contributed by atoms with Crippen LogP contribution in [0, 0.1) is 6.92 Å². The standard InChI is InChI=1S/C13H22N4/c1-4-6-13(14)8-17(9-13)12-7-11(5-2)15-10(3)16-12/h7H,4-6,8-9,14H2,1-3H3. The molecule has 0 amide bonds. The van der Waals surface area contributed by atoms with Crippen molar-refractivity contribution < 1.29 is 0 Å². The van der Waals surface area contributed by atoms with E-state index in [0.717, 1.165) is 49.7 Å². The van der Waals surface area contributed by atoms with Gasteiger partial charge in [0.2, 0.25) is 0 Å². The minimum absolute atomic E-state index is 0.0000171. The Morgan fingerprint density at radius 1 is 1.35 bits per heavy atom. The van der Waals surface area contributed by atoms with E-state index in [-0.39, 0.29) is 5.54 Å². The molecule has 0 aromatic carbocycles. The summed E-state index contributed by atoms with van der Waals surface area (Å²) in [4.78, 5) is 11.1. The average molecular weight is 234 g/mol. The van der Waals surface area contributed by atoms with Crippen LogP contribution in [0.3, 0.4) is 0 Å². The molecule has 0 bridgehead atoms. The van der Waals surface area contributed by atoms with E-state index in [0.29, 0.717) is 0 Å². The number of hydrogen-bond acceptors (Lipinski definition) is 4. The van der Waals surface area contributed by atoms with Gasteiger partial charge in [-0.1, -0.05) is 20.3 Å². The Balaban J connectivity index is 2.08. The van der Waals surface area contributed by atoms with Gasteiger partial charge in [-0.2, -0.15) is 0 Å². The van der Waals surface area contributed by atoms with Crippen molar-refractivity contribution in [2.24, 2.45) is 5.73 Å². The van der Waals surface area contributed by atoms with Crippen molar-refractivity contribution in [3.05, 3.63) is 17.6 Å². The summed E-state index contributed by atoms with van der Waals surface area (Å²) >= 11 is 0. The van der Waals surface area contributed by atoms with Crippen LogP contribution in [0.25, 0.3) is 0 Å². The van der Waals surface area contributed by atoms with Gasteiger partial charge in [-0.15, -0.1) is 0 Å². The SMILES string of the molecule is CCCC1(N)CN(c2cc(CC)nc(C)n2)C1. The van der Waals surface area contributed by atoms with Crippen molar-refractivity contribution in [2.75, 3.05) is 18.0 Å². The summed E-state index contributed by atoms with van der Waals surface area (Å²) in [5.74, 6) is 1.89. The highest BCUT2D eigenvalue weighted by Gasteiger charge is 2.39. The molecular formula is C13H22N4. The quantitative estimate of drug-likeness (QED) is 0.861. The molecule has 1 aliphatic rings. The van der Waals surface area contributed by atoms with Crippen LogP contribution in [0.1, 0.15) is 38.2 Å². The van der Waals surface area contributed by atoms with E-state index in [1.54, 1.807) is 0 Å². The number of aromatic nitrogens is 2. The van der Waals surface area contributed by atoms with E-state index >= 15 is 0 Å². The van der Waals surface area contributed by atoms with Gasteiger partial charge in [-0.3, -0.25) is 0 Å². The maximum Gasteiger partial charge on any atom is 0.132 e. The van der Waals surface area contributed by atoms with E-state index in [1.807, 2.05) is 6.92 Å². The minimum atomic E-state index is -0.0000171. The monoisotopic (exact) mass is 234 g/mol. The fourth-order valence-electron chi connectivity index (χ4n) is 2.49. The van der Waals surface area contributed by atoms with Gasteiger partial charge in [-0.05, 0) is 19.8 Å². The number of hydrogen-bond donors (Lipinski definition) is 1. The van der Waals surface area contributed by atoms with E-state index in [4.69, 9.17) is 5.73 Å². The second-order valence-electron chi connectivity index (χ2n) is 5.09. The summed E-state index contributed by atoms with van der Waals surface area (Å²) in [6.45, 7) is 8.08. The Morgan fingerprint density at radius 2 is 2.06 bits per heavy atom. The predicted octanol–water partition coefficient (Wildman–Crippen LogP) is 1.67. The summed E-state index contributed by atoms with van der Waals surface area (Å²) in [5.41, 5.74) is 7.37. The molecule has 0 atom stereocenters. The first kappa shape index (κ1) is 12.3. The van der Waals surface area contributed by atoms with Crippen molar-refractivity contribution in [2.45, 2.75) is 45.6 Å². The Morgan fingerprint density at radius 3 is 2.65 bits per heavy atom. The first-order valence-electron chi connectivity index (χ1n) is 6.44. The largest absolute Gasteiger partial charge is 0.353 e. The smallest absolute Gasteiger partial charge is 0.132 e. The molecule has 0 aliphatic carbocycles. The van der Waals surface area contributed by atoms with Gasteiger partial charge in [0.25, 0.3) is 0 Å². The Hall–Kier alpha value is -1.16. The van der Waals surface area contributed by atoms with Crippen molar-refractivity contribution in [1.82, 2.24) is 9.97 Å². The number of nitrogens with two attached hydrogens (primary N) is 1. The van der Waals surface area contributed by atoms with Crippen LogP contribution < -0.4 is 10.6 Å². The molecule has 1 aromatic rings. The van der Waals surface area contributed by atoms with Crippen LogP contribution in [0.15, 0.2) is 6.07 Å². The molecule has 0 saturated carbocycles. The van der Waals surface area contributed by atoms with Gasteiger partial charge in [-0.25, -0.2) is 9.97 Å². The molecule has 1 saturated heterocycles. The second kappa shape index (κ2) is 4.61. The molecule has 4 heteroatoms. The molecule has 1 aromatic heterocycles. The summed E-state index contributed by atoms with van der Waals surface area (Å²) in [6.07, 6.45) is 3.19. The Kier molecular flexibility index (Phi) is 3.33. The molecule has 0 radical (unpaired) electrons. The maximum atomic E-state index is 6.26. The molecule has 2 N–H and O–H groups in total. The fraction of sp³-hybridized carbons (Fsp3) is 0.692. The van der Waals surface area contributed by atoms with E-state index < -0.39 is 0 Å². The molecule has 94 valence electrons. The zero-order valence-corrected chi connectivity index (χ0v) is 11.0. The van der Waals surface area contributed by atoms with E-state index in [1.165, 1.54) is 0 Å². The normalized spacial score (nSPS) is 18.0. The zero-order chi connectivity index (χ0) is 12.5. The first-order valence-corrected chi connectivity index (χ1v) is 6.44. The van der Waals surface area contributed by atoms with Gasteiger partial charge >= 0.3 is 0 Å². The number of rotatable bonds is 4. The molecule has 2 heterocycles. The molecule has 1 fully saturated rings. The highest BCUT2D eigenvalue weighted by molar-refractivity contribution is 5.45. The summed E-state index contributed by atoms with van der Waals surface area (Å²) in [5, 5.41) is 0. The summed E-state index contributed by atoms with van der Waals surface area (Å²) in [6, 6.07) is 2.08. The summed E-state index contributed by atoms with van der Waals surface area (Å²) < 4.78 is 0. The van der Waals surface area contributed by atoms with Gasteiger partial charge in [0.1, 0.15) is 11.6 Å². The second-order valence-corrected chi connectivity index (χ2v) is 5.09. The van der Waals surface area contributed by atoms with E-state index in [9.17, 15) is 0 Å². The first-order chi connectivity index (χ1) is 8.06. The third-order valence-corrected chi connectivity index (χ3v) is 3.32. The van der Waals surface area contributed by atoms with Gasteiger partial charge in [0, 0.05) is 24.8 Å². The average Bonchev–Trinajstić information content (AvgIpc) is 2.25. The topological polar surface area (TPSA) is 55.0 Å². The molecular weight excluding hydrogens is 212 g/mol. The van der Waals surface area contributed by atoms with Crippen molar-refractivity contribution >= 4 is 5.82 Å². The maximum absolute atomic E-state index is 6.26. The summed E-state index contributed by atoms with van der Waals surface area (Å²) in [7, 11) is 0. The molecule has 0 spiro atoms. The predicted molar refractivity (Wildman–Crippen MR) is 70.2 cm³/mol. The van der Waals surface area contributed by atoms with Crippen LogP contribution >= 0.6 is 0 Å². The van der Waals surface area contributed by atoms with Gasteiger partial charge in [0.15, 0.2) is 0 Å². The van der Waals surface area contributed by atoms with E-state index in [2.05, 4.69) is 34.8 Å². The lowest BCUT2D eigenvalue weighted by atomic mass is 9.86. The third kappa shape index (κ3) is 2.57. The van der Waals surface area contributed by atoms with Crippen LogP contribution in [-0.4, -0.2) is 28.6 Å². The van der Waals surface area contributed by atoms with Crippen molar-refractivity contribution in [3.63, 3.8) is 0 Å². The van der Waals surface area contributed by atoms with Crippen molar-refractivity contribution in [1.29, 1.82) is 0 Å². The van der Waals surface area contributed by atoms with Gasteiger partial charge in [0.05, 0.1) is 5.54 Å². The zero-order valence-electron chi connectivity index (χ0n) is 11.0. The van der Waals surface area contributed by atoms with Crippen LogP contribution in [0.2, 0.25) is 0 Å². The lowest BCUT2D eigenvalue weighted by Crippen LogP contribution is -2.67. The number of aryl methyl sites for hydroxylation is 2. The van der Waals surface area contributed by atoms with Crippen LogP contribution in [-0.2, 0) is 6.42 Å². The highest BCUT2D eigenvalue weighted by Crippen LogP contribution is 2.28. The Bertz CT molecular complexity index is 396. The molecule has 17 heavy (non-hydrogen) atoms. The number of anilines is 1. The third-order valence-electron chi connectivity index (χ3n) is 3.32. The fourth-order valence-corrected chi connectivity index (χ4v) is 2.49. The molecule has 4 nitrogen and oxygen atoms in total. The lowest BCUT2D eigenvalue weighted by molar-refractivity contribution is 0.305. The van der Waals surface area contributed by atoms with Crippen LogP contribution in [0.5, 0.6) is 0 Å². The molecule has 0 unspecified atom stereocenters. The lowest BCUT2D eigenvalue weighted by Gasteiger charge is -2.48. The minimum Gasteiger partial charge on any atom is -0.353 e. The van der Waals surface area contributed by atoms with Gasteiger partial charge < -0.3 is 10.6 Å².